The van der Waals surface area contributed by atoms with E-state index in [1.165, 1.54) is 0 Å². The van der Waals surface area contributed by atoms with Crippen molar-refractivity contribution in [2.75, 3.05) is 6.61 Å². The molecule has 1 aromatic rings. The fraction of sp³-hybridized carbons (Fsp3) is 0.222. The minimum Gasteiger partial charge on any atom is -0.439 e. The quantitative estimate of drug-likeness (QED) is 0.802. The number of aliphatic hydroxyl groups excluding tert-OH is 1. The number of carbonyl (C=O) groups excluding carboxylic acids is 1. The number of benzene rings is 1. The van der Waals surface area contributed by atoms with Crippen molar-refractivity contribution in [1.82, 2.24) is 0 Å². The molecule has 1 aromatic carbocycles. The maximum absolute atomic E-state index is 10.5. The molecule has 4 nitrogen and oxygen atoms in total. The molecular weight excluding hydrogens is 206 g/mol. The van der Waals surface area contributed by atoms with Crippen LogP contribution in [0.2, 0.25) is 5.02 Å². The van der Waals surface area contributed by atoms with Crippen LogP contribution in [0.4, 0.5) is 4.79 Å². The van der Waals surface area contributed by atoms with Crippen LogP contribution >= 0.6 is 11.6 Å². The van der Waals surface area contributed by atoms with E-state index in [1.54, 1.807) is 24.3 Å². The van der Waals surface area contributed by atoms with E-state index in [9.17, 15) is 4.79 Å². The SMILES string of the molecule is NC(=O)O[C@@H](CO)c1ccc(Cl)cc1. The number of ether oxygens (including phenoxy) is 1. The Balaban J connectivity index is 2.78. The smallest absolute Gasteiger partial charge is 0.405 e. The van der Waals surface area contributed by atoms with Crippen molar-refractivity contribution in [3.63, 3.8) is 0 Å². The zero-order valence-corrected chi connectivity index (χ0v) is 8.07. The number of amides is 1. The van der Waals surface area contributed by atoms with Crippen molar-refractivity contribution < 1.29 is 14.6 Å². The normalized spacial score (nSPS) is 12.1. The maximum Gasteiger partial charge on any atom is 0.405 e. The van der Waals surface area contributed by atoms with Gasteiger partial charge in [-0.2, -0.15) is 0 Å². The molecule has 14 heavy (non-hydrogen) atoms. The number of hydrogen-bond acceptors (Lipinski definition) is 3. The molecule has 5 heteroatoms. The van der Waals surface area contributed by atoms with Gasteiger partial charge in [0.25, 0.3) is 0 Å². The lowest BCUT2D eigenvalue weighted by Gasteiger charge is -2.13. The molecule has 1 amide bonds. The van der Waals surface area contributed by atoms with Crippen LogP contribution in [0.5, 0.6) is 0 Å². The topological polar surface area (TPSA) is 72.6 Å². The first-order valence-corrected chi connectivity index (χ1v) is 4.33. The van der Waals surface area contributed by atoms with Gasteiger partial charge in [-0.05, 0) is 17.7 Å². The average Bonchev–Trinajstić information content (AvgIpc) is 2.15. The van der Waals surface area contributed by atoms with Gasteiger partial charge in [0, 0.05) is 5.02 Å². The number of hydrogen-bond donors (Lipinski definition) is 2. The Bertz CT molecular complexity index is 312. The van der Waals surface area contributed by atoms with E-state index in [1.807, 2.05) is 0 Å². The van der Waals surface area contributed by atoms with Gasteiger partial charge in [-0.25, -0.2) is 4.79 Å². The van der Waals surface area contributed by atoms with Gasteiger partial charge in [0.1, 0.15) is 0 Å². The van der Waals surface area contributed by atoms with E-state index >= 15 is 0 Å². The van der Waals surface area contributed by atoms with Crippen molar-refractivity contribution in [3.8, 4) is 0 Å². The van der Waals surface area contributed by atoms with Crippen LogP contribution in [0.3, 0.4) is 0 Å². The molecule has 0 saturated carbocycles. The summed E-state index contributed by atoms with van der Waals surface area (Å²) in [5.41, 5.74) is 5.49. The lowest BCUT2D eigenvalue weighted by atomic mass is 10.1. The van der Waals surface area contributed by atoms with Crippen LogP contribution in [0.15, 0.2) is 24.3 Å². The molecule has 0 fully saturated rings. The third-order valence-electron chi connectivity index (χ3n) is 1.67. The molecule has 0 radical (unpaired) electrons. The van der Waals surface area contributed by atoms with Crippen molar-refractivity contribution in [2.45, 2.75) is 6.10 Å². The average molecular weight is 216 g/mol. The molecule has 0 aliphatic heterocycles. The predicted octanol–water partition coefficient (Wildman–Crippen LogP) is 1.47. The monoisotopic (exact) mass is 215 g/mol. The summed E-state index contributed by atoms with van der Waals surface area (Å²) < 4.78 is 4.67. The van der Waals surface area contributed by atoms with E-state index in [0.29, 0.717) is 10.6 Å². The Kier molecular flexibility index (Phi) is 3.73. The molecule has 0 unspecified atom stereocenters. The predicted molar refractivity (Wildman–Crippen MR) is 51.9 cm³/mol. The first-order chi connectivity index (χ1) is 6.63. The second-order valence-electron chi connectivity index (χ2n) is 2.66. The fourth-order valence-corrected chi connectivity index (χ4v) is 1.15. The summed E-state index contributed by atoms with van der Waals surface area (Å²) >= 11 is 5.67. The molecule has 0 saturated heterocycles. The summed E-state index contributed by atoms with van der Waals surface area (Å²) in [6.07, 6.45) is -1.65. The summed E-state index contributed by atoms with van der Waals surface area (Å²) in [7, 11) is 0. The van der Waals surface area contributed by atoms with Gasteiger partial charge in [-0.15, -0.1) is 0 Å². The van der Waals surface area contributed by atoms with Gasteiger partial charge < -0.3 is 15.6 Å². The molecule has 1 rings (SSSR count). The summed E-state index contributed by atoms with van der Waals surface area (Å²) in [5.74, 6) is 0. The van der Waals surface area contributed by atoms with Crippen LogP contribution < -0.4 is 5.73 Å². The van der Waals surface area contributed by atoms with Crippen LogP contribution in [-0.2, 0) is 4.74 Å². The zero-order chi connectivity index (χ0) is 10.6. The number of aliphatic hydroxyl groups is 1. The van der Waals surface area contributed by atoms with Gasteiger partial charge in [0.05, 0.1) is 6.61 Å². The maximum atomic E-state index is 10.5. The van der Waals surface area contributed by atoms with E-state index < -0.39 is 12.2 Å². The second-order valence-corrected chi connectivity index (χ2v) is 3.10. The highest BCUT2D eigenvalue weighted by molar-refractivity contribution is 6.30. The van der Waals surface area contributed by atoms with Gasteiger partial charge >= 0.3 is 6.09 Å². The Morgan fingerprint density at radius 3 is 2.50 bits per heavy atom. The molecule has 0 aromatic heterocycles. The molecule has 76 valence electrons. The van der Waals surface area contributed by atoms with Crippen molar-refractivity contribution in [1.29, 1.82) is 0 Å². The van der Waals surface area contributed by atoms with Crippen LogP contribution in [-0.4, -0.2) is 17.8 Å². The second kappa shape index (κ2) is 4.83. The van der Waals surface area contributed by atoms with Gasteiger partial charge in [0.15, 0.2) is 6.10 Å². The third-order valence-corrected chi connectivity index (χ3v) is 1.92. The van der Waals surface area contributed by atoms with Crippen LogP contribution in [0, 0.1) is 0 Å². The third kappa shape index (κ3) is 2.90. The fourth-order valence-electron chi connectivity index (χ4n) is 1.03. The molecule has 1 atom stereocenters. The first-order valence-electron chi connectivity index (χ1n) is 3.96. The number of carbonyl (C=O) groups is 1. The number of rotatable bonds is 3. The first kappa shape index (κ1) is 10.8. The number of primary amides is 1. The van der Waals surface area contributed by atoms with Crippen molar-refractivity contribution >= 4 is 17.7 Å². The molecular formula is C9H10ClNO3. The summed E-state index contributed by atoms with van der Waals surface area (Å²) in [4.78, 5) is 10.5. The molecule has 0 heterocycles. The number of halogens is 1. The largest absolute Gasteiger partial charge is 0.439 e. The summed E-state index contributed by atoms with van der Waals surface area (Å²) in [5, 5.41) is 9.51. The highest BCUT2D eigenvalue weighted by Gasteiger charge is 2.13. The van der Waals surface area contributed by atoms with Crippen LogP contribution in [0.1, 0.15) is 11.7 Å². The molecule has 0 aliphatic carbocycles. The minimum absolute atomic E-state index is 0.315. The Morgan fingerprint density at radius 1 is 1.50 bits per heavy atom. The Labute approximate surface area is 86.2 Å². The highest BCUT2D eigenvalue weighted by Crippen LogP contribution is 2.19. The molecule has 3 N–H and O–H groups in total. The van der Waals surface area contributed by atoms with Crippen LogP contribution in [0.25, 0.3) is 0 Å². The van der Waals surface area contributed by atoms with Gasteiger partial charge in [-0.3, -0.25) is 0 Å². The van der Waals surface area contributed by atoms with Gasteiger partial charge in [0.2, 0.25) is 0 Å². The molecule has 0 bridgehead atoms. The standard InChI is InChI=1S/C9H10ClNO3/c10-7-3-1-6(2-4-7)8(5-12)14-9(11)13/h1-4,8,12H,5H2,(H2,11,13)/t8-/m0/s1. The lowest BCUT2D eigenvalue weighted by molar-refractivity contribution is 0.0633. The molecule has 0 aliphatic rings. The summed E-state index contributed by atoms with van der Waals surface area (Å²) in [6.45, 7) is -0.315. The Hall–Kier alpha value is -1.26. The van der Waals surface area contributed by atoms with E-state index in [0.717, 1.165) is 0 Å². The van der Waals surface area contributed by atoms with E-state index in [2.05, 4.69) is 4.74 Å². The minimum atomic E-state index is -0.918. The highest BCUT2D eigenvalue weighted by atomic mass is 35.5. The molecule has 0 spiro atoms. The lowest BCUT2D eigenvalue weighted by Crippen LogP contribution is -2.19. The van der Waals surface area contributed by atoms with Gasteiger partial charge in [-0.1, -0.05) is 23.7 Å². The van der Waals surface area contributed by atoms with Crippen molar-refractivity contribution in [3.05, 3.63) is 34.9 Å². The Morgan fingerprint density at radius 2 is 2.07 bits per heavy atom. The number of nitrogens with two attached hydrogens (primary N) is 1. The summed E-state index contributed by atoms with van der Waals surface area (Å²) in [6, 6.07) is 6.60. The van der Waals surface area contributed by atoms with E-state index in [-0.39, 0.29) is 6.61 Å². The zero-order valence-electron chi connectivity index (χ0n) is 7.31. The van der Waals surface area contributed by atoms with Crippen molar-refractivity contribution in [2.24, 2.45) is 5.73 Å². The van der Waals surface area contributed by atoms with E-state index in [4.69, 9.17) is 22.4 Å².